The van der Waals surface area contributed by atoms with Crippen LogP contribution in [-0.4, -0.2) is 13.1 Å². The number of hydrogen-bond donors (Lipinski definition) is 0. The van der Waals surface area contributed by atoms with E-state index < -0.39 is 0 Å². The van der Waals surface area contributed by atoms with Crippen LogP contribution in [0.3, 0.4) is 0 Å². The summed E-state index contributed by atoms with van der Waals surface area (Å²) >= 11 is 5.85. The second-order valence-corrected chi connectivity index (χ2v) is 5.33. The average molecular weight is 256 g/mol. The predicted octanol–water partition coefficient (Wildman–Crippen LogP) is 4.05. The fraction of sp³-hybridized carbons (Fsp3) is 0.571. The lowest BCUT2D eigenvalue weighted by Gasteiger charge is -2.37. The zero-order valence-electron chi connectivity index (χ0n) is 10.4. The zero-order valence-corrected chi connectivity index (χ0v) is 11.2. The molecule has 0 aliphatic carbocycles. The quantitative estimate of drug-likeness (QED) is 0.721. The average Bonchev–Trinajstić information content (AvgIpc) is 2.32. The van der Waals surface area contributed by atoms with Crippen molar-refractivity contribution in [3.63, 3.8) is 0 Å². The van der Waals surface area contributed by atoms with Gasteiger partial charge >= 0.3 is 0 Å². The van der Waals surface area contributed by atoms with Gasteiger partial charge in [-0.2, -0.15) is 0 Å². The molecular weight excluding hydrogens is 237 g/mol. The minimum absolute atomic E-state index is 0.191. The third-order valence-corrected chi connectivity index (χ3v) is 4.17. The highest BCUT2D eigenvalue weighted by atomic mass is 35.5. The van der Waals surface area contributed by atoms with Gasteiger partial charge < -0.3 is 4.90 Å². The summed E-state index contributed by atoms with van der Waals surface area (Å²) in [6, 6.07) is 5.23. The molecule has 1 aliphatic heterocycles. The van der Waals surface area contributed by atoms with Gasteiger partial charge in [-0.1, -0.05) is 19.9 Å². The van der Waals surface area contributed by atoms with E-state index in [1.54, 1.807) is 6.07 Å². The number of rotatable bonds is 2. The Morgan fingerprint density at radius 2 is 2.12 bits per heavy atom. The van der Waals surface area contributed by atoms with E-state index in [-0.39, 0.29) is 11.7 Å². The second-order valence-electron chi connectivity index (χ2n) is 5.06. The summed E-state index contributed by atoms with van der Waals surface area (Å²) in [7, 11) is 0. The topological polar surface area (TPSA) is 3.24 Å². The minimum atomic E-state index is -0.191. The smallest absolute Gasteiger partial charge is 0.129 e. The van der Waals surface area contributed by atoms with E-state index in [2.05, 4.69) is 18.7 Å². The van der Waals surface area contributed by atoms with Crippen LogP contribution in [0.15, 0.2) is 18.2 Å². The first-order valence-electron chi connectivity index (χ1n) is 6.21. The molecule has 1 heterocycles. The number of benzene rings is 1. The Kier molecular flexibility index (Phi) is 3.93. The number of halogens is 2. The van der Waals surface area contributed by atoms with Crippen LogP contribution < -0.4 is 4.90 Å². The molecule has 0 N–H and O–H groups in total. The number of nitrogens with zero attached hydrogens (tertiary/aromatic N) is 1. The van der Waals surface area contributed by atoms with E-state index in [0.29, 0.717) is 11.5 Å². The van der Waals surface area contributed by atoms with Crippen molar-refractivity contribution in [1.82, 2.24) is 0 Å². The van der Waals surface area contributed by atoms with E-state index in [9.17, 15) is 4.39 Å². The summed E-state index contributed by atoms with van der Waals surface area (Å²) in [5.41, 5.74) is 1.61. The van der Waals surface area contributed by atoms with Crippen molar-refractivity contribution in [2.24, 2.45) is 11.8 Å². The highest BCUT2D eigenvalue weighted by molar-refractivity contribution is 6.17. The van der Waals surface area contributed by atoms with E-state index in [4.69, 9.17) is 11.6 Å². The van der Waals surface area contributed by atoms with Crippen molar-refractivity contribution in [2.75, 3.05) is 18.0 Å². The Labute approximate surface area is 108 Å². The molecule has 1 aromatic rings. The standard InChI is InChI=1S/C14H19ClFN/c1-10-6-7-17(9-11(10)2)14-5-3-4-13(16)12(14)8-15/h3-5,10-11H,6-9H2,1-2H3. The van der Waals surface area contributed by atoms with Crippen molar-refractivity contribution in [2.45, 2.75) is 26.1 Å². The molecule has 2 rings (SSSR count). The highest BCUT2D eigenvalue weighted by Gasteiger charge is 2.24. The van der Waals surface area contributed by atoms with E-state index >= 15 is 0 Å². The normalized spacial score (nSPS) is 25.1. The molecular formula is C14H19ClFN. The van der Waals surface area contributed by atoms with Crippen LogP contribution in [0.5, 0.6) is 0 Å². The molecule has 1 saturated heterocycles. The summed E-state index contributed by atoms with van der Waals surface area (Å²) < 4.78 is 13.7. The van der Waals surface area contributed by atoms with Crippen LogP contribution in [-0.2, 0) is 5.88 Å². The van der Waals surface area contributed by atoms with Gasteiger partial charge in [0.25, 0.3) is 0 Å². The maximum Gasteiger partial charge on any atom is 0.129 e. The lowest BCUT2D eigenvalue weighted by atomic mass is 9.88. The molecule has 0 saturated carbocycles. The number of piperidine rings is 1. The Morgan fingerprint density at radius 1 is 1.35 bits per heavy atom. The SMILES string of the molecule is CC1CCN(c2cccc(F)c2CCl)CC1C. The molecule has 94 valence electrons. The number of anilines is 1. The maximum atomic E-state index is 13.7. The summed E-state index contributed by atoms with van der Waals surface area (Å²) in [6.07, 6.45) is 1.17. The molecule has 1 fully saturated rings. The largest absolute Gasteiger partial charge is 0.371 e. The zero-order chi connectivity index (χ0) is 12.4. The van der Waals surface area contributed by atoms with Crippen LogP contribution in [0.25, 0.3) is 0 Å². The van der Waals surface area contributed by atoms with Crippen molar-refractivity contribution < 1.29 is 4.39 Å². The maximum absolute atomic E-state index is 13.7. The van der Waals surface area contributed by atoms with Crippen LogP contribution in [0, 0.1) is 17.7 Å². The van der Waals surface area contributed by atoms with Gasteiger partial charge in [0.05, 0.1) is 5.88 Å². The molecule has 17 heavy (non-hydrogen) atoms. The molecule has 0 spiro atoms. The monoisotopic (exact) mass is 255 g/mol. The van der Waals surface area contributed by atoms with E-state index in [0.717, 1.165) is 24.7 Å². The second kappa shape index (κ2) is 5.26. The van der Waals surface area contributed by atoms with Crippen LogP contribution in [0.2, 0.25) is 0 Å². The fourth-order valence-electron chi connectivity index (χ4n) is 2.46. The van der Waals surface area contributed by atoms with Gasteiger partial charge in [-0.3, -0.25) is 0 Å². The first-order chi connectivity index (χ1) is 8.13. The fourth-order valence-corrected chi connectivity index (χ4v) is 2.72. The molecule has 1 aliphatic rings. The molecule has 2 unspecified atom stereocenters. The van der Waals surface area contributed by atoms with Crippen LogP contribution in [0.1, 0.15) is 25.8 Å². The lowest BCUT2D eigenvalue weighted by Crippen LogP contribution is -2.38. The highest BCUT2D eigenvalue weighted by Crippen LogP contribution is 2.31. The molecule has 0 amide bonds. The minimum Gasteiger partial charge on any atom is -0.371 e. The third-order valence-electron chi connectivity index (χ3n) is 3.90. The Hall–Kier alpha value is -0.760. The van der Waals surface area contributed by atoms with Gasteiger partial charge in [0.2, 0.25) is 0 Å². The Balaban J connectivity index is 2.25. The first kappa shape index (κ1) is 12.7. The van der Waals surface area contributed by atoms with Crippen molar-refractivity contribution in [1.29, 1.82) is 0 Å². The van der Waals surface area contributed by atoms with Crippen molar-refractivity contribution >= 4 is 17.3 Å². The predicted molar refractivity (Wildman–Crippen MR) is 71.1 cm³/mol. The number of hydrogen-bond acceptors (Lipinski definition) is 1. The molecule has 1 aromatic carbocycles. The molecule has 3 heteroatoms. The molecule has 2 atom stereocenters. The third kappa shape index (κ3) is 2.57. The van der Waals surface area contributed by atoms with Gasteiger partial charge in [0.15, 0.2) is 0 Å². The van der Waals surface area contributed by atoms with Gasteiger partial charge in [-0.15, -0.1) is 11.6 Å². The van der Waals surface area contributed by atoms with E-state index in [1.807, 2.05) is 6.07 Å². The summed E-state index contributed by atoms with van der Waals surface area (Å²) in [5, 5.41) is 0. The molecule has 0 radical (unpaired) electrons. The van der Waals surface area contributed by atoms with Crippen molar-refractivity contribution in [3.8, 4) is 0 Å². The summed E-state index contributed by atoms with van der Waals surface area (Å²) in [5.74, 6) is 1.45. The molecule has 0 aromatic heterocycles. The lowest BCUT2D eigenvalue weighted by molar-refractivity contribution is 0.323. The summed E-state index contributed by atoms with van der Waals surface area (Å²) in [4.78, 5) is 2.27. The van der Waals surface area contributed by atoms with Crippen LogP contribution in [0.4, 0.5) is 10.1 Å². The van der Waals surface area contributed by atoms with Gasteiger partial charge in [-0.25, -0.2) is 4.39 Å². The van der Waals surface area contributed by atoms with E-state index in [1.165, 1.54) is 12.5 Å². The summed E-state index contributed by atoms with van der Waals surface area (Å²) in [6.45, 7) is 6.54. The van der Waals surface area contributed by atoms with Crippen LogP contribution >= 0.6 is 11.6 Å². The molecule has 1 nitrogen and oxygen atoms in total. The first-order valence-corrected chi connectivity index (χ1v) is 6.75. The number of alkyl halides is 1. The van der Waals surface area contributed by atoms with Gasteiger partial charge in [-0.05, 0) is 30.4 Å². The Morgan fingerprint density at radius 3 is 2.76 bits per heavy atom. The molecule has 0 bridgehead atoms. The van der Waals surface area contributed by atoms with Crippen molar-refractivity contribution in [3.05, 3.63) is 29.6 Å². The van der Waals surface area contributed by atoms with Gasteiger partial charge in [0, 0.05) is 24.3 Å². The Bertz CT molecular complexity index is 394. The van der Waals surface area contributed by atoms with Gasteiger partial charge in [0.1, 0.15) is 5.82 Å².